The van der Waals surface area contributed by atoms with Crippen molar-refractivity contribution in [2.45, 2.75) is 13.0 Å². The molecule has 0 spiro atoms. The van der Waals surface area contributed by atoms with Crippen LogP contribution in [-0.4, -0.2) is 18.1 Å². The van der Waals surface area contributed by atoms with E-state index in [4.69, 9.17) is 5.73 Å². The number of carboxylic acid groups (broad SMARTS) is 1. The number of aromatic carboxylic acids is 1. The monoisotopic (exact) mass is 276 g/mol. The van der Waals surface area contributed by atoms with Gasteiger partial charge in [-0.1, -0.05) is 12.1 Å². The number of nitrogens with two attached hydrogens (primary N) is 1. The average Bonchev–Trinajstić information content (AvgIpc) is 2.90. The normalized spacial score (nSPS) is 12.1. The number of nitrogen functional groups attached to an aromatic ring is 1. The van der Waals surface area contributed by atoms with Crippen molar-refractivity contribution in [3.05, 3.63) is 46.2 Å². The predicted molar refractivity (Wildman–Crippen MR) is 79.0 cm³/mol. The molecule has 0 aliphatic heterocycles. The number of para-hydroxylation sites is 1. The summed E-state index contributed by atoms with van der Waals surface area (Å²) in [5.74, 6) is -0.965. The largest absolute Gasteiger partial charge is 0.478 e. The van der Waals surface area contributed by atoms with Crippen molar-refractivity contribution in [2.75, 3.05) is 17.7 Å². The van der Waals surface area contributed by atoms with Gasteiger partial charge in [-0.2, -0.15) is 0 Å². The lowest BCUT2D eigenvalue weighted by molar-refractivity contribution is 0.0697. The maximum Gasteiger partial charge on any atom is 0.337 e. The van der Waals surface area contributed by atoms with Crippen LogP contribution in [-0.2, 0) is 0 Å². The Labute approximate surface area is 116 Å². The standard InChI is InChI=1S/C14H16N2O2S/c1-9(12-7-4-8-19-12)16(2)13-10(14(17)18)5-3-6-11(13)15/h3-9H,15H2,1-2H3,(H,17,18). The highest BCUT2D eigenvalue weighted by atomic mass is 32.1. The molecule has 1 unspecified atom stereocenters. The number of rotatable bonds is 4. The fourth-order valence-corrected chi connectivity index (χ4v) is 2.87. The highest BCUT2D eigenvalue weighted by molar-refractivity contribution is 7.10. The third-order valence-corrected chi connectivity index (χ3v) is 4.23. The summed E-state index contributed by atoms with van der Waals surface area (Å²) in [5, 5.41) is 11.3. The number of hydrogen-bond acceptors (Lipinski definition) is 4. The summed E-state index contributed by atoms with van der Waals surface area (Å²) >= 11 is 1.64. The molecule has 4 nitrogen and oxygen atoms in total. The van der Waals surface area contributed by atoms with Gasteiger partial charge in [0, 0.05) is 11.9 Å². The van der Waals surface area contributed by atoms with Gasteiger partial charge in [0.1, 0.15) is 0 Å². The quantitative estimate of drug-likeness (QED) is 0.841. The summed E-state index contributed by atoms with van der Waals surface area (Å²) in [4.78, 5) is 14.4. The number of hydrogen-bond donors (Lipinski definition) is 2. The van der Waals surface area contributed by atoms with Gasteiger partial charge < -0.3 is 15.7 Å². The van der Waals surface area contributed by atoms with Crippen LogP contribution >= 0.6 is 11.3 Å². The Bertz CT molecular complexity index is 581. The van der Waals surface area contributed by atoms with E-state index in [1.807, 2.05) is 36.4 Å². The molecule has 1 heterocycles. The Hall–Kier alpha value is -2.01. The van der Waals surface area contributed by atoms with E-state index in [-0.39, 0.29) is 11.6 Å². The van der Waals surface area contributed by atoms with E-state index in [9.17, 15) is 9.90 Å². The molecule has 1 aromatic carbocycles. The third kappa shape index (κ3) is 2.56. The molecule has 19 heavy (non-hydrogen) atoms. The van der Waals surface area contributed by atoms with E-state index in [0.717, 1.165) is 0 Å². The van der Waals surface area contributed by atoms with E-state index in [0.29, 0.717) is 11.4 Å². The Morgan fingerprint density at radius 2 is 2.11 bits per heavy atom. The maximum atomic E-state index is 11.3. The van der Waals surface area contributed by atoms with Gasteiger partial charge in [-0.25, -0.2) is 4.79 Å². The van der Waals surface area contributed by atoms with E-state index in [1.165, 1.54) is 4.88 Å². The van der Waals surface area contributed by atoms with Crippen LogP contribution in [0.3, 0.4) is 0 Å². The summed E-state index contributed by atoms with van der Waals surface area (Å²) in [7, 11) is 1.86. The molecule has 2 aromatic rings. The van der Waals surface area contributed by atoms with Crippen LogP contribution < -0.4 is 10.6 Å². The average molecular weight is 276 g/mol. The molecule has 100 valence electrons. The van der Waals surface area contributed by atoms with E-state index in [2.05, 4.69) is 0 Å². The third-order valence-electron chi connectivity index (χ3n) is 3.19. The van der Waals surface area contributed by atoms with Gasteiger partial charge in [-0.05, 0) is 30.5 Å². The van der Waals surface area contributed by atoms with Crippen LogP contribution in [0.5, 0.6) is 0 Å². The van der Waals surface area contributed by atoms with Gasteiger partial charge in [0.05, 0.1) is 23.0 Å². The van der Waals surface area contributed by atoms with E-state index >= 15 is 0 Å². The Morgan fingerprint density at radius 3 is 2.68 bits per heavy atom. The molecule has 0 amide bonds. The minimum Gasteiger partial charge on any atom is -0.478 e. The number of carboxylic acids is 1. The Kier molecular flexibility index (Phi) is 3.76. The van der Waals surface area contributed by atoms with Crippen molar-refractivity contribution >= 4 is 28.7 Å². The second-order valence-electron chi connectivity index (χ2n) is 4.35. The van der Waals surface area contributed by atoms with Crippen LogP contribution in [0, 0.1) is 0 Å². The minimum absolute atomic E-state index is 0.0720. The lowest BCUT2D eigenvalue weighted by Crippen LogP contribution is -2.24. The molecule has 0 aliphatic rings. The zero-order valence-corrected chi connectivity index (χ0v) is 11.6. The van der Waals surface area contributed by atoms with E-state index in [1.54, 1.807) is 29.5 Å². The summed E-state index contributed by atoms with van der Waals surface area (Å²) in [6, 6.07) is 9.04. The van der Waals surface area contributed by atoms with Crippen LogP contribution in [0.2, 0.25) is 0 Å². The Morgan fingerprint density at radius 1 is 1.37 bits per heavy atom. The molecule has 1 aromatic heterocycles. The fourth-order valence-electron chi connectivity index (χ4n) is 2.04. The number of thiophene rings is 1. The number of benzene rings is 1. The first-order valence-corrected chi connectivity index (χ1v) is 6.78. The fraction of sp³-hybridized carbons (Fsp3) is 0.214. The minimum atomic E-state index is -0.965. The molecule has 0 bridgehead atoms. The predicted octanol–water partition coefficient (Wildman–Crippen LogP) is 3.23. The molecule has 3 N–H and O–H groups in total. The van der Waals surface area contributed by atoms with Gasteiger partial charge in [0.15, 0.2) is 0 Å². The van der Waals surface area contributed by atoms with Crippen LogP contribution in [0.4, 0.5) is 11.4 Å². The number of anilines is 2. The first-order valence-electron chi connectivity index (χ1n) is 5.90. The van der Waals surface area contributed by atoms with Crippen molar-refractivity contribution in [1.82, 2.24) is 0 Å². The lowest BCUT2D eigenvalue weighted by Gasteiger charge is -2.28. The molecule has 0 saturated heterocycles. The number of nitrogens with zero attached hydrogens (tertiary/aromatic N) is 1. The lowest BCUT2D eigenvalue weighted by atomic mass is 10.1. The molecule has 1 atom stereocenters. The van der Waals surface area contributed by atoms with Gasteiger partial charge >= 0.3 is 5.97 Å². The van der Waals surface area contributed by atoms with Crippen LogP contribution in [0.25, 0.3) is 0 Å². The van der Waals surface area contributed by atoms with Crippen molar-refractivity contribution in [1.29, 1.82) is 0 Å². The summed E-state index contributed by atoms with van der Waals surface area (Å²) < 4.78 is 0. The van der Waals surface area contributed by atoms with Crippen molar-refractivity contribution in [3.63, 3.8) is 0 Å². The second-order valence-corrected chi connectivity index (χ2v) is 5.33. The Balaban J connectivity index is 2.44. The summed E-state index contributed by atoms with van der Waals surface area (Å²) in [6.07, 6.45) is 0. The van der Waals surface area contributed by atoms with Gasteiger partial charge in [-0.3, -0.25) is 0 Å². The van der Waals surface area contributed by atoms with E-state index < -0.39 is 5.97 Å². The zero-order valence-electron chi connectivity index (χ0n) is 10.8. The highest BCUT2D eigenvalue weighted by Gasteiger charge is 2.21. The molecular formula is C14H16N2O2S. The van der Waals surface area contributed by atoms with Crippen LogP contribution in [0.15, 0.2) is 35.7 Å². The maximum absolute atomic E-state index is 11.3. The SMILES string of the molecule is CC(c1cccs1)N(C)c1c(N)cccc1C(=O)O. The van der Waals surface area contributed by atoms with Gasteiger partial charge in [-0.15, -0.1) is 11.3 Å². The van der Waals surface area contributed by atoms with Crippen molar-refractivity contribution in [2.24, 2.45) is 0 Å². The molecule has 5 heteroatoms. The first kappa shape index (κ1) is 13.4. The molecule has 0 saturated carbocycles. The topological polar surface area (TPSA) is 66.6 Å². The summed E-state index contributed by atoms with van der Waals surface area (Å²) in [6.45, 7) is 2.03. The van der Waals surface area contributed by atoms with Crippen LogP contribution in [0.1, 0.15) is 28.2 Å². The summed E-state index contributed by atoms with van der Waals surface area (Å²) in [5.41, 5.74) is 7.22. The zero-order chi connectivity index (χ0) is 14.0. The second kappa shape index (κ2) is 5.32. The number of carbonyl (C=O) groups is 1. The smallest absolute Gasteiger partial charge is 0.337 e. The molecular weight excluding hydrogens is 260 g/mol. The molecule has 0 radical (unpaired) electrons. The highest BCUT2D eigenvalue weighted by Crippen LogP contribution is 2.34. The van der Waals surface area contributed by atoms with Gasteiger partial charge in [0.2, 0.25) is 0 Å². The van der Waals surface area contributed by atoms with Crippen molar-refractivity contribution in [3.8, 4) is 0 Å². The first-order chi connectivity index (χ1) is 9.02. The molecule has 0 fully saturated rings. The molecule has 0 aliphatic carbocycles. The van der Waals surface area contributed by atoms with Gasteiger partial charge in [0.25, 0.3) is 0 Å². The van der Waals surface area contributed by atoms with Crippen molar-refractivity contribution < 1.29 is 9.90 Å². The molecule has 2 rings (SSSR count).